The van der Waals surface area contributed by atoms with Gasteiger partial charge in [-0.25, -0.2) is 0 Å². The molecule has 1 amide bonds. The predicted molar refractivity (Wildman–Crippen MR) is 102 cm³/mol. The highest BCUT2D eigenvalue weighted by atomic mass is 16.5. The summed E-state index contributed by atoms with van der Waals surface area (Å²) in [5, 5.41) is 15.2. The predicted octanol–water partition coefficient (Wildman–Crippen LogP) is 2.76. The molecule has 0 spiro atoms. The van der Waals surface area contributed by atoms with Crippen LogP contribution >= 0.6 is 0 Å². The number of pyridine rings is 1. The Morgan fingerprint density at radius 3 is 2.75 bits per heavy atom. The summed E-state index contributed by atoms with van der Waals surface area (Å²) in [5.41, 5.74) is 2.43. The Kier molecular flexibility index (Phi) is 4.84. The molecule has 0 radical (unpaired) electrons. The van der Waals surface area contributed by atoms with Gasteiger partial charge >= 0.3 is 0 Å². The van der Waals surface area contributed by atoms with E-state index < -0.39 is 0 Å². The van der Waals surface area contributed by atoms with Gasteiger partial charge in [-0.1, -0.05) is 49.3 Å². The highest BCUT2D eigenvalue weighted by molar-refractivity contribution is 5.78. The molecule has 0 unspecified atom stereocenters. The summed E-state index contributed by atoms with van der Waals surface area (Å²) in [7, 11) is 0. The number of aromatic nitrogens is 5. The average molecular weight is 376 g/mol. The lowest BCUT2D eigenvalue weighted by atomic mass is 10.2. The molecule has 0 aliphatic carbocycles. The maximum absolute atomic E-state index is 12.3. The first-order valence-corrected chi connectivity index (χ1v) is 9.08. The molecule has 0 fully saturated rings. The van der Waals surface area contributed by atoms with Gasteiger partial charge in [0.2, 0.25) is 5.91 Å². The summed E-state index contributed by atoms with van der Waals surface area (Å²) in [6.07, 6.45) is 1.95. The number of hydrogen-bond acceptors (Lipinski definition) is 6. The van der Waals surface area contributed by atoms with Crippen LogP contribution in [-0.4, -0.2) is 30.6 Å². The van der Waals surface area contributed by atoms with Crippen LogP contribution < -0.4 is 5.32 Å². The van der Waals surface area contributed by atoms with E-state index in [1.165, 1.54) is 0 Å². The lowest BCUT2D eigenvalue weighted by Gasteiger charge is -2.05. The molecule has 1 aromatic carbocycles. The Morgan fingerprint density at radius 1 is 1.18 bits per heavy atom. The lowest BCUT2D eigenvalue weighted by molar-refractivity contribution is -0.120. The van der Waals surface area contributed by atoms with Crippen LogP contribution in [0.3, 0.4) is 0 Å². The van der Waals surface area contributed by atoms with E-state index >= 15 is 0 Å². The maximum atomic E-state index is 12.3. The molecule has 3 aromatic heterocycles. The van der Waals surface area contributed by atoms with E-state index in [0.29, 0.717) is 29.7 Å². The second-order valence-electron chi connectivity index (χ2n) is 6.81. The minimum Gasteiger partial charge on any atom is -0.352 e. The first-order chi connectivity index (χ1) is 13.6. The van der Waals surface area contributed by atoms with Gasteiger partial charge in [-0.2, -0.15) is 4.98 Å². The van der Waals surface area contributed by atoms with Crippen LogP contribution in [0.5, 0.6) is 0 Å². The fourth-order valence-electron chi connectivity index (χ4n) is 2.78. The number of carbonyl (C=O) groups is 1. The third kappa shape index (κ3) is 3.75. The van der Waals surface area contributed by atoms with Gasteiger partial charge < -0.3 is 9.84 Å². The van der Waals surface area contributed by atoms with Crippen molar-refractivity contribution in [3.63, 3.8) is 0 Å². The minimum absolute atomic E-state index is 0.110. The molecule has 8 heteroatoms. The standard InChI is InChI=1S/C20H20N6O2/c1-13(2)19-22-20(28-25-19)15-8-9-26-16(10-15)23-24-17(26)11-18(27)21-12-14-6-4-3-5-7-14/h3-10,13H,11-12H2,1-2H3,(H,21,27). The quantitative estimate of drug-likeness (QED) is 0.556. The van der Waals surface area contributed by atoms with Crippen LogP contribution in [0.2, 0.25) is 0 Å². The van der Waals surface area contributed by atoms with Gasteiger partial charge in [0.15, 0.2) is 11.5 Å². The normalized spacial score (nSPS) is 11.2. The molecule has 28 heavy (non-hydrogen) atoms. The molecule has 0 aliphatic heterocycles. The average Bonchev–Trinajstić information content (AvgIpc) is 3.35. The summed E-state index contributed by atoms with van der Waals surface area (Å²) in [6, 6.07) is 13.4. The molecular formula is C20H20N6O2. The smallest absolute Gasteiger partial charge is 0.258 e. The molecule has 4 rings (SSSR count). The fraction of sp³-hybridized carbons (Fsp3) is 0.250. The van der Waals surface area contributed by atoms with Gasteiger partial charge in [0, 0.05) is 24.2 Å². The molecule has 0 atom stereocenters. The van der Waals surface area contributed by atoms with Gasteiger partial charge in [-0.15, -0.1) is 10.2 Å². The first kappa shape index (κ1) is 17.8. The summed E-state index contributed by atoms with van der Waals surface area (Å²) >= 11 is 0. The topological polar surface area (TPSA) is 98.2 Å². The molecule has 142 valence electrons. The summed E-state index contributed by atoms with van der Waals surface area (Å²) in [4.78, 5) is 16.7. The van der Waals surface area contributed by atoms with Crippen LogP contribution in [0.15, 0.2) is 53.2 Å². The summed E-state index contributed by atoms with van der Waals surface area (Å²) in [6.45, 7) is 4.49. The Labute approximate surface area is 161 Å². The SMILES string of the molecule is CC(C)c1noc(-c2ccn3c(CC(=O)NCc4ccccc4)nnc3c2)n1. The van der Waals surface area contributed by atoms with Gasteiger partial charge in [0.25, 0.3) is 5.89 Å². The van der Waals surface area contributed by atoms with E-state index in [-0.39, 0.29) is 18.2 Å². The van der Waals surface area contributed by atoms with E-state index in [1.807, 2.05) is 62.5 Å². The zero-order chi connectivity index (χ0) is 19.5. The van der Waals surface area contributed by atoms with Gasteiger partial charge in [0.1, 0.15) is 5.82 Å². The van der Waals surface area contributed by atoms with E-state index in [1.54, 1.807) is 4.40 Å². The number of benzene rings is 1. The maximum Gasteiger partial charge on any atom is 0.258 e. The first-order valence-electron chi connectivity index (χ1n) is 9.08. The van der Waals surface area contributed by atoms with Crippen molar-refractivity contribution in [2.24, 2.45) is 0 Å². The van der Waals surface area contributed by atoms with Crippen molar-refractivity contribution in [1.29, 1.82) is 0 Å². The Balaban J connectivity index is 1.47. The van der Waals surface area contributed by atoms with Crippen molar-refractivity contribution in [2.45, 2.75) is 32.7 Å². The van der Waals surface area contributed by atoms with E-state index in [2.05, 4.69) is 25.7 Å². The van der Waals surface area contributed by atoms with Gasteiger partial charge in [0.05, 0.1) is 6.42 Å². The summed E-state index contributed by atoms with van der Waals surface area (Å²) in [5.74, 6) is 1.75. The second kappa shape index (κ2) is 7.59. The third-order valence-corrected chi connectivity index (χ3v) is 4.34. The molecular weight excluding hydrogens is 356 g/mol. The van der Waals surface area contributed by atoms with E-state index in [9.17, 15) is 4.79 Å². The van der Waals surface area contributed by atoms with Crippen LogP contribution in [0.1, 0.15) is 37.0 Å². The van der Waals surface area contributed by atoms with Crippen LogP contribution in [-0.2, 0) is 17.8 Å². The molecule has 0 saturated heterocycles. The number of hydrogen-bond donors (Lipinski definition) is 1. The van der Waals surface area contributed by atoms with E-state index in [0.717, 1.165) is 11.1 Å². The zero-order valence-corrected chi connectivity index (χ0v) is 15.7. The Morgan fingerprint density at radius 2 is 2.00 bits per heavy atom. The van der Waals surface area contributed by atoms with Crippen LogP contribution in [0.4, 0.5) is 0 Å². The van der Waals surface area contributed by atoms with Crippen molar-refractivity contribution in [3.8, 4) is 11.5 Å². The number of rotatable bonds is 6. The van der Waals surface area contributed by atoms with Crippen LogP contribution in [0, 0.1) is 0 Å². The highest BCUT2D eigenvalue weighted by Crippen LogP contribution is 2.21. The number of fused-ring (bicyclic) bond motifs is 1. The number of amides is 1. The molecule has 4 aromatic rings. The Hall–Kier alpha value is -3.55. The van der Waals surface area contributed by atoms with Crippen LogP contribution in [0.25, 0.3) is 17.1 Å². The lowest BCUT2D eigenvalue weighted by Crippen LogP contribution is -2.25. The van der Waals surface area contributed by atoms with Crippen molar-refractivity contribution in [2.75, 3.05) is 0 Å². The van der Waals surface area contributed by atoms with Crippen molar-refractivity contribution in [3.05, 3.63) is 65.9 Å². The summed E-state index contributed by atoms with van der Waals surface area (Å²) < 4.78 is 7.11. The second-order valence-corrected chi connectivity index (χ2v) is 6.81. The van der Waals surface area contributed by atoms with Crippen molar-refractivity contribution >= 4 is 11.6 Å². The number of carbonyl (C=O) groups excluding carboxylic acids is 1. The number of nitrogens with zero attached hydrogens (tertiary/aromatic N) is 5. The van der Waals surface area contributed by atoms with Crippen molar-refractivity contribution < 1.29 is 9.32 Å². The molecule has 0 aliphatic rings. The van der Waals surface area contributed by atoms with Gasteiger partial charge in [-0.05, 0) is 17.7 Å². The molecule has 0 saturated carbocycles. The minimum atomic E-state index is -0.110. The van der Waals surface area contributed by atoms with E-state index in [4.69, 9.17) is 4.52 Å². The number of nitrogens with one attached hydrogen (secondary N) is 1. The monoisotopic (exact) mass is 376 g/mol. The molecule has 8 nitrogen and oxygen atoms in total. The highest BCUT2D eigenvalue weighted by Gasteiger charge is 2.15. The van der Waals surface area contributed by atoms with Gasteiger partial charge in [-0.3, -0.25) is 9.20 Å². The largest absolute Gasteiger partial charge is 0.352 e. The molecule has 0 bridgehead atoms. The van der Waals surface area contributed by atoms with Crippen molar-refractivity contribution in [1.82, 2.24) is 30.1 Å². The third-order valence-electron chi connectivity index (χ3n) is 4.34. The zero-order valence-electron chi connectivity index (χ0n) is 15.7. The molecule has 3 heterocycles. The fourth-order valence-corrected chi connectivity index (χ4v) is 2.78. The molecule has 1 N–H and O–H groups in total. The Bertz CT molecular complexity index is 1100.